The van der Waals surface area contributed by atoms with E-state index in [0.717, 1.165) is 56.0 Å². The average Bonchev–Trinajstić information content (AvgIpc) is 3.55. The molecule has 0 spiro atoms. The Labute approximate surface area is 238 Å². The second-order valence-electron chi connectivity index (χ2n) is 10.7. The zero-order valence-electron chi connectivity index (χ0n) is 23.0. The van der Waals surface area contributed by atoms with Crippen LogP contribution in [0, 0.1) is 0 Å². The molecule has 9 heteroatoms. The number of likely N-dealkylation sites (N-methyl/N-ethyl adjacent to an activating group) is 1. The number of anilines is 1. The smallest absolute Gasteiger partial charge is 0.335 e. The molecule has 2 aliphatic heterocycles. The third-order valence-electron chi connectivity index (χ3n) is 8.05. The quantitative estimate of drug-likeness (QED) is 0.296. The van der Waals surface area contributed by atoms with E-state index in [1.807, 2.05) is 53.4 Å². The molecule has 3 aromatic carbocycles. The Kier molecular flexibility index (Phi) is 7.30. The highest BCUT2D eigenvalue weighted by Gasteiger charge is 2.26. The Morgan fingerprint density at radius 2 is 1.71 bits per heavy atom. The number of aromatic hydroxyl groups is 1. The fourth-order valence-electron chi connectivity index (χ4n) is 5.72. The predicted octanol–water partition coefficient (Wildman–Crippen LogP) is 4.27. The van der Waals surface area contributed by atoms with E-state index in [1.54, 1.807) is 6.07 Å². The minimum atomic E-state index is -1.04. The molecule has 6 rings (SSSR count). The third-order valence-corrected chi connectivity index (χ3v) is 8.05. The van der Waals surface area contributed by atoms with Crippen molar-refractivity contribution in [2.75, 3.05) is 51.2 Å². The van der Waals surface area contributed by atoms with E-state index in [-0.39, 0.29) is 17.4 Å². The van der Waals surface area contributed by atoms with Crippen LogP contribution < -0.4 is 4.90 Å². The van der Waals surface area contributed by atoms with E-state index in [0.29, 0.717) is 40.8 Å². The molecular weight excluding hydrogens is 518 g/mol. The lowest BCUT2D eigenvalue weighted by Gasteiger charge is -2.32. The zero-order valence-corrected chi connectivity index (χ0v) is 23.0. The lowest BCUT2D eigenvalue weighted by atomic mass is 10.00. The molecule has 2 aliphatic rings. The molecule has 0 aliphatic carbocycles. The van der Waals surface area contributed by atoms with Crippen molar-refractivity contribution in [3.8, 4) is 5.88 Å². The van der Waals surface area contributed by atoms with Crippen LogP contribution in [-0.2, 0) is 11.2 Å². The van der Waals surface area contributed by atoms with E-state index in [2.05, 4.69) is 21.8 Å². The van der Waals surface area contributed by atoms with Crippen molar-refractivity contribution in [1.82, 2.24) is 14.8 Å². The minimum absolute atomic E-state index is 0.0802. The van der Waals surface area contributed by atoms with Gasteiger partial charge >= 0.3 is 5.97 Å². The van der Waals surface area contributed by atoms with Gasteiger partial charge in [0.15, 0.2) is 5.88 Å². The van der Waals surface area contributed by atoms with Gasteiger partial charge in [0.05, 0.1) is 22.5 Å². The molecule has 0 atom stereocenters. The molecule has 1 aromatic heterocycles. The van der Waals surface area contributed by atoms with Crippen LogP contribution in [0.5, 0.6) is 5.88 Å². The fourth-order valence-corrected chi connectivity index (χ4v) is 5.72. The van der Waals surface area contributed by atoms with Gasteiger partial charge in [-0.1, -0.05) is 36.4 Å². The summed E-state index contributed by atoms with van der Waals surface area (Å²) in [5.41, 5.74) is 5.24. The van der Waals surface area contributed by atoms with Gasteiger partial charge in [0.2, 0.25) is 5.91 Å². The Hall–Kier alpha value is -4.47. The highest BCUT2D eigenvalue weighted by Crippen LogP contribution is 2.35. The first-order valence-electron chi connectivity index (χ1n) is 13.9. The Balaban J connectivity index is 1.29. The van der Waals surface area contributed by atoms with Crippen LogP contribution in [0.3, 0.4) is 0 Å². The van der Waals surface area contributed by atoms with Crippen molar-refractivity contribution in [3.05, 3.63) is 89.0 Å². The molecule has 210 valence electrons. The van der Waals surface area contributed by atoms with Crippen molar-refractivity contribution >= 4 is 39.9 Å². The van der Waals surface area contributed by atoms with Gasteiger partial charge in [0, 0.05) is 67.8 Å². The number of fused-ring (bicyclic) bond motifs is 2. The van der Waals surface area contributed by atoms with E-state index < -0.39 is 5.97 Å². The minimum Gasteiger partial charge on any atom is -0.494 e. The standard InChI is InChI=1S/C32H33N5O4/c1-35-15-17-36(18-16-35)13-12-28(38)37-14-11-22-19-24(8-10-27(22)37)33-30(21-5-3-2-4-6-21)29-25-9-7-23(32(40)41)20-26(25)34-31(29)39/h2-10,19-20,34,39H,11-18H2,1H3,(H,40,41). The number of hydrogen-bond donors (Lipinski definition) is 3. The number of aromatic nitrogens is 1. The van der Waals surface area contributed by atoms with E-state index in [1.165, 1.54) is 12.1 Å². The summed E-state index contributed by atoms with van der Waals surface area (Å²) < 4.78 is 0. The largest absolute Gasteiger partial charge is 0.494 e. The van der Waals surface area contributed by atoms with Crippen LogP contribution in [0.1, 0.15) is 33.5 Å². The zero-order chi connectivity index (χ0) is 28.5. The molecule has 0 radical (unpaired) electrons. The Morgan fingerprint density at radius 3 is 2.46 bits per heavy atom. The van der Waals surface area contributed by atoms with Gasteiger partial charge in [-0.3, -0.25) is 4.79 Å². The molecular formula is C32H33N5O4. The molecule has 1 fully saturated rings. The van der Waals surface area contributed by atoms with Gasteiger partial charge in [-0.05, 0) is 49.4 Å². The molecule has 1 saturated heterocycles. The second-order valence-corrected chi connectivity index (χ2v) is 10.7. The van der Waals surface area contributed by atoms with Gasteiger partial charge in [-0.15, -0.1) is 0 Å². The maximum atomic E-state index is 13.1. The maximum Gasteiger partial charge on any atom is 0.335 e. The monoisotopic (exact) mass is 551 g/mol. The summed E-state index contributed by atoms with van der Waals surface area (Å²) in [5, 5.41) is 21.0. The maximum absolute atomic E-state index is 13.1. The van der Waals surface area contributed by atoms with Crippen LogP contribution in [0.4, 0.5) is 11.4 Å². The van der Waals surface area contributed by atoms with Crippen LogP contribution in [-0.4, -0.2) is 88.9 Å². The summed E-state index contributed by atoms with van der Waals surface area (Å²) in [6.07, 6.45) is 1.26. The van der Waals surface area contributed by atoms with Crippen LogP contribution in [0.25, 0.3) is 10.9 Å². The number of carboxylic acid groups (broad SMARTS) is 1. The van der Waals surface area contributed by atoms with Gasteiger partial charge in [-0.25, -0.2) is 9.79 Å². The highest BCUT2D eigenvalue weighted by atomic mass is 16.4. The molecule has 0 bridgehead atoms. The number of nitrogens with zero attached hydrogens (tertiary/aromatic N) is 4. The number of rotatable bonds is 7. The lowest BCUT2D eigenvalue weighted by Crippen LogP contribution is -2.45. The molecule has 41 heavy (non-hydrogen) atoms. The summed E-state index contributed by atoms with van der Waals surface area (Å²) in [6.45, 7) is 5.51. The molecule has 3 N–H and O–H groups in total. The predicted molar refractivity (Wildman–Crippen MR) is 160 cm³/mol. The first-order chi connectivity index (χ1) is 19.9. The summed E-state index contributed by atoms with van der Waals surface area (Å²) in [4.78, 5) is 39.1. The average molecular weight is 552 g/mol. The van der Waals surface area contributed by atoms with E-state index >= 15 is 0 Å². The topological polar surface area (TPSA) is 112 Å². The molecule has 0 saturated carbocycles. The number of aromatic amines is 1. The number of H-pyrrole nitrogens is 1. The number of aliphatic imine (C=N–C) groups is 1. The van der Waals surface area contributed by atoms with Gasteiger partial charge in [0.1, 0.15) is 0 Å². The number of amides is 1. The van der Waals surface area contributed by atoms with Crippen LogP contribution in [0.2, 0.25) is 0 Å². The van der Waals surface area contributed by atoms with Crippen molar-refractivity contribution < 1.29 is 19.8 Å². The lowest BCUT2D eigenvalue weighted by molar-refractivity contribution is -0.118. The number of carbonyl (C=O) groups excluding carboxylic acids is 1. The summed E-state index contributed by atoms with van der Waals surface area (Å²) in [6, 6.07) is 20.2. The van der Waals surface area contributed by atoms with Crippen molar-refractivity contribution in [2.24, 2.45) is 4.99 Å². The number of carbonyl (C=O) groups is 2. The number of carboxylic acids is 1. The normalized spacial score (nSPS) is 16.3. The number of hydrogen-bond acceptors (Lipinski definition) is 6. The molecule has 4 aromatic rings. The van der Waals surface area contributed by atoms with Crippen molar-refractivity contribution in [3.63, 3.8) is 0 Å². The second kappa shape index (κ2) is 11.2. The Morgan fingerprint density at radius 1 is 0.927 bits per heavy atom. The summed E-state index contributed by atoms with van der Waals surface area (Å²) >= 11 is 0. The van der Waals surface area contributed by atoms with Gasteiger partial charge in [0.25, 0.3) is 0 Å². The number of nitrogens with one attached hydrogen (secondary N) is 1. The molecule has 3 heterocycles. The Bertz CT molecular complexity index is 1640. The fraction of sp³-hybridized carbons (Fsp3) is 0.281. The van der Waals surface area contributed by atoms with Crippen molar-refractivity contribution in [1.29, 1.82) is 0 Å². The number of aromatic carboxylic acids is 1. The van der Waals surface area contributed by atoms with Crippen LogP contribution >= 0.6 is 0 Å². The van der Waals surface area contributed by atoms with Gasteiger partial charge in [-0.2, -0.15) is 0 Å². The number of benzene rings is 3. The third kappa shape index (κ3) is 5.46. The first kappa shape index (κ1) is 26.7. The van der Waals surface area contributed by atoms with Crippen molar-refractivity contribution in [2.45, 2.75) is 12.8 Å². The highest BCUT2D eigenvalue weighted by molar-refractivity contribution is 6.22. The summed E-state index contributed by atoms with van der Waals surface area (Å²) in [5.74, 6) is -0.971. The van der Waals surface area contributed by atoms with E-state index in [9.17, 15) is 19.8 Å². The number of piperazine rings is 1. The molecule has 9 nitrogen and oxygen atoms in total. The van der Waals surface area contributed by atoms with E-state index in [4.69, 9.17) is 4.99 Å². The SMILES string of the molecule is CN1CCN(CCC(=O)N2CCc3cc(N=C(c4ccccc4)c4c(O)[nH]c5cc(C(=O)O)ccc45)ccc32)CC1. The molecule has 1 amide bonds. The summed E-state index contributed by atoms with van der Waals surface area (Å²) in [7, 11) is 2.13. The van der Waals surface area contributed by atoms with Crippen LogP contribution in [0.15, 0.2) is 71.7 Å². The molecule has 0 unspecified atom stereocenters. The first-order valence-corrected chi connectivity index (χ1v) is 13.9. The van der Waals surface area contributed by atoms with Gasteiger partial charge < -0.3 is 29.9 Å².